The number of esters is 1. The minimum Gasteiger partial charge on any atom is -0.466 e. The molecule has 0 atom stereocenters. The highest BCUT2D eigenvalue weighted by atomic mass is 35.5. The van der Waals surface area contributed by atoms with Crippen LogP contribution in [-0.4, -0.2) is 52.5 Å². The van der Waals surface area contributed by atoms with Crippen molar-refractivity contribution in [3.63, 3.8) is 0 Å². The van der Waals surface area contributed by atoms with Gasteiger partial charge in [-0.15, -0.1) is 0 Å². The number of aromatic nitrogens is 2. The molecule has 216 valence electrons. The van der Waals surface area contributed by atoms with Crippen molar-refractivity contribution in [2.24, 2.45) is 11.8 Å². The number of halogens is 2. The van der Waals surface area contributed by atoms with Gasteiger partial charge in [0, 0.05) is 37.0 Å². The summed E-state index contributed by atoms with van der Waals surface area (Å²) < 4.78 is 18.5. The molecule has 2 heterocycles. The lowest BCUT2D eigenvalue weighted by molar-refractivity contribution is -0.144. The normalized spacial score (nSPS) is 19.5. The van der Waals surface area contributed by atoms with Crippen LogP contribution in [-0.2, 0) is 14.3 Å². The second-order valence-electron chi connectivity index (χ2n) is 10.9. The summed E-state index contributed by atoms with van der Waals surface area (Å²) in [7, 11) is 0. The Balaban J connectivity index is 1.15. The van der Waals surface area contributed by atoms with Gasteiger partial charge in [0.25, 0.3) is 0 Å². The highest BCUT2D eigenvalue weighted by Gasteiger charge is 2.32. The maximum Gasteiger partial charge on any atom is 0.306 e. The van der Waals surface area contributed by atoms with Crippen molar-refractivity contribution in [2.75, 3.05) is 25.0 Å². The van der Waals surface area contributed by atoms with Crippen LogP contribution in [0.2, 0.25) is 5.02 Å². The minimum atomic E-state index is -0.274. The topological polar surface area (TPSA) is 84.4 Å². The summed E-state index contributed by atoms with van der Waals surface area (Å²) in [5.74, 6) is 0.704. The summed E-state index contributed by atoms with van der Waals surface area (Å²) in [6.07, 6.45) is 7.16. The van der Waals surface area contributed by atoms with Crippen LogP contribution in [0.3, 0.4) is 0 Å². The average molecular weight is 579 g/mol. The number of nitrogens with one attached hydrogen (secondary N) is 1. The molecule has 7 nitrogen and oxygen atoms in total. The summed E-state index contributed by atoms with van der Waals surface area (Å²) in [5.41, 5.74) is 3.32. The standard InChI is InChI=1S/C32H36ClFN4O3/c1-2-41-29(39)18-21-6-8-23(9-7-21)31(40)38-16-14-27(15-17-38)36-32-35-20-28(33)30(37-32)25-5-3-4-24(19-25)22-10-12-26(34)13-11-22/h3-5,10-13,19-21,23,27H,2,6-9,14-18H2,1H3,(H,35,36,37). The molecule has 0 radical (unpaired) electrons. The molecule has 9 heteroatoms. The van der Waals surface area contributed by atoms with Gasteiger partial charge >= 0.3 is 5.97 Å². The molecule has 1 saturated heterocycles. The first-order chi connectivity index (χ1) is 19.9. The van der Waals surface area contributed by atoms with Crippen LogP contribution in [0.15, 0.2) is 54.7 Å². The first kappa shape index (κ1) is 29.0. The Bertz CT molecular complexity index is 1350. The molecule has 0 bridgehead atoms. The highest BCUT2D eigenvalue weighted by Crippen LogP contribution is 2.33. The number of ether oxygens (including phenoxy) is 1. The quantitative estimate of drug-likeness (QED) is 0.297. The van der Waals surface area contributed by atoms with E-state index in [0.717, 1.165) is 55.2 Å². The summed E-state index contributed by atoms with van der Waals surface area (Å²) in [4.78, 5) is 36.1. The minimum absolute atomic E-state index is 0.0470. The number of hydrogen-bond donors (Lipinski definition) is 1. The van der Waals surface area contributed by atoms with Crippen LogP contribution in [0.1, 0.15) is 51.9 Å². The largest absolute Gasteiger partial charge is 0.466 e. The van der Waals surface area contributed by atoms with E-state index in [1.807, 2.05) is 36.1 Å². The fourth-order valence-corrected chi connectivity index (χ4v) is 6.08. The van der Waals surface area contributed by atoms with E-state index in [2.05, 4.69) is 10.3 Å². The van der Waals surface area contributed by atoms with E-state index in [1.165, 1.54) is 12.1 Å². The second-order valence-corrected chi connectivity index (χ2v) is 11.4. The molecule has 1 aliphatic carbocycles. The first-order valence-electron chi connectivity index (χ1n) is 14.5. The molecule has 1 saturated carbocycles. The lowest BCUT2D eigenvalue weighted by Crippen LogP contribution is -2.45. The third kappa shape index (κ3) is 7.41. The van der Waals surface area contributed by atoms with Crippen LogP contribution < -0.4 is 5.32 Å². The number of amides is 1. The van der Waals surface area contributed by atoms with Crippen molar-refractivity contribution < 1.29 is 18.7 Å². The van der Waals surface area contributed by atoms with E-state index >= 15 is 0 Å². The van der Waals surface area contributed by atoms with Crippen LogP contribution in [0, 0.1) is 17.7 Å². The maximum atomic E-state index is 13.4. The monoisotopic (exact) mass is 578 g/mol. The van der Waals surface area contributed by atoms with Crippen molar-refractivity contribution in [1.29, 1.82) is 0 Å². The molecule has 1 N–H and O–H groups in total. The molecule has 0 unspecified atom stereocenters. The molecule has 3 aromatic rings. The first-order valence-corrected chi connectivity index (χ1v) is 14.9. The molecule has 2 aromatic carbocycles. The fraction of sp³-hybridized carbons (Fsp3) is 0.438. The number of carbonyl (C=O) groups excluding carboxylic acids is 2. The van der Waals surface area contributed by atoms with E-state index in [0.29, 0.717) is 48.7 Å². The molecule has 1 amide bonds. The number of piperidine rings is 1. The zero-order valence-electron chi connectivity index (χ0n) is 23.3. The fourth-order valence-electron chi connectivity index (χ4n) is 5.88. The lowest BCUT2D eigenvalue weighted by Gasteiger charge is -2.36. The molecule has 5 rings (SSSR count). The number of rotatable bonds is 8. The summed E-state index contributed by atoms with van der Waals surface area (Å²) in [6.45, 7) is 3.62. The molecule has 2 aliphatic rings. The smallest absolute Gasteiger partial charge is 0.306 e. The highest BCUT2D eigenvalue weighted by molar-refractivity contribution is 6.32. The average Bonchev–Trinajstić information content (AvgIpc) is 2.99. The summed E-state index contributed by atoms with van der Waals surface area (Å²) in [5, 5.41) is 3.89. The third-order valence-corrected chi connectivity index (χ3v) is 8.43. The zero-order valence-corrected chi connectivity index (χ0v) is 24.1. The van der Waals surface area contributed by atoms with Gasteiger partial charge in [0.15, 0.2) is 0 Å². The van der Waals surface area contributed by atoms with E-state index in [1.54, 1.807) is 18.3 Å². The van der Waals surface area contributed by atoms with Gasteiger partial charge in [-0.1, -0.05) is 41.9 Å². The molecule has 0 spiro atoms. The summed E-state index contributed by atoms with van der Waals surface area (Å²) >= 11 is 6.50. The number of anilines is 1. The lowest BCUT2D eigenvalue weighted by atomic mass is 9.79. The molecular formula is C32H36ClFN4O3. The Morgan fingerprint density at radius 2 is 1.71 bits per heavy atom. The molecule has 2 fully saturated rings. The second kappa shape index (κ2) is 13.4. The number of benzene rings is 2. The van der Waals surface area contributed by atoms with Gasteiger partial charge in [0.2, 0.25) is 11.9 Å². The predicted octanol–water partition coefficient (Wildman–Crippen LogP) is 6.77. The number of likely N-dealkylation sites (tertiary alicyclic amines) is 1. The van der Waals surface area contributed by atoms with Crippen molar-refractivity contribution in [3.05, 3.63) is 65.6 Å². The Morgan fingerprint density at radius 3 is 2.41 bits per heavy atom. The van der Waals surface area contributed by atoms with Crippen LogP contribution >= 0.6 is 11.6 Å². The Hall–Kier alpha value is -3.52. The number of hydrogen-bond acceptors (Lipinski definition) is 6. The molecule has 41 heavy (non-hydrogen) atoms. The van der Waals surface area contributed by atoms with Gasteiger partial charge in [-0.2, -0.15) is 0 Å². The number of carbonyl (C=O) groups is 2. The molecule has 1 aliphatic heterocycles. The zero-order chi connectivity index (χ0) is 28.8. The van der Waals surface area contributed by atoms with Crippen LogP contribution in [0.5, 0.6) is 0 Å². The van der Waals surface area contributed by atoms with Gasteiger partial charge < -0.3 is 15.0 Å². The van der Waals surface area contributed by atoms with Crippen molar-refractivity contribution >= 4 is 29.4 Å². The van der Waals surface area contributed by atoms with E-state index in [9.17, 15) is 14.0 Å². The maximum absolute atomic E-state index is 13.4. The van der Waals surface area contributed by atoms with E-state index in [-0.39, 0.29) is 29.7 Å². The Kier molecular flexibility index (Phi) is 9.49. The Morgan fingerprint density at radius 1 is 1.00 bits per heavy atom. The van der Waals surface area contributed by atoms with Crippen molar-refractivity contribution in [2.45, 2.75) is 57.9 Å². The van der Waals surface area contributed by atoms with E-state index in [4.69, 9.17) is 21.3 Å². The molecular weight excluding hydrogens is 543 g/mol. The Labute approximate surface area is 245 Å². The van der Waals surface area contributed by atoms with Crippen molar-refractivity contribution in [3.8, 4) is 22.4 Å². The SMILES string of the molecule is CCOC(=O)CC1CCC(C(=O)N2CCC(Nc3ncc(Cl)c(-c4cccc(-c5ccc(F)cc5)c4)n3)CC2)CC1. The summed E-state index contributed by atoms with van der Waals surface area (Å²) in [6, 6.07) is 14.4. The number of nitrogens with zero attached hydrogens (tertiary/aromatic N) is 3. The van der Waals surface area contributed by atoms with Gasteiger partial charge in [-0.25, -0.2) is 14.4 Å². The van der Waals surface area contributed by atoms with Crippen molar-refractivity contribution in [1.82, 2.24) is 14.9 Å². The molecule has 1 aromatic heterocycles. The third-order valence-electron chi connectivity index (χ3n) is 8.15. The van der Waals surface area contributed by atoms with Gasteiger partial charge in [0.05, 0.1) is 23.5 Å². The predicted molar refractivity (Wildman–Crippen MR) is 158 cm³/mol. The van der Waals surface area contributed by atoms with Gasteiger partial charge in [-0.3, -0.25) is 9.59 Å². The van der Waals surface area contributed by atoms with E-state index < -0.39 is 0 Å². The van der Waals surface area contributed by atoms with Gasteiger partial charge in [0.1, 0.15) is 5.82 Å². The van der Waals surface area contributed by atoms with Crippen LogP contribution in [0.4, 0.5) is 10.3 Å². The van der Waals surface area contributed by atoms with Gasteiger partial charge in [-0.05, 0) is 80.7 Å². The van der Waals surface area contributed by atoms with Crippen LogP contribution in [0.25, 0.3) is 22.4 Å².